The molecule has 0 aliphatic carbocycles. The van der Waals surface area contributed by atoms with Gasteiger partial charge in [-0.3, -0.25) is 14.5 Å². The summed E-state index contributed by atoms with van der Waals surface area (Å²) in [6.07, 6.45) is 2.35. The molecule has 0 radical (unpaired) electrons. The Morgan fingerprint density at radius 3 is 2.47 bits per heavy atom. The highest BCUT2D eigenvalue weighted by Gasteiger charge is 2.38. The SMILES string of the molecule is CC(C)N1C(=O)c2cc[n+]([O-])cc2C1=O. The van der Waals surface area contributed by atoms with Crippen LogP contribution in [0.2, 0.25) is 0 Å². The van der Waals surface area contributed by atoms with Crippen LogP contribution in [0.5, 0.6) is 0 Å². The molecule has 1 aliphatic heterocycles. The number of nitrogens with zero attached hydrogens (tertiary/aromatic N) is 2. The molecule has 0 saturated heterocycles. The van der Waals surface area contributed by atoms with Crippen LogP contribution >= 0.6 is 0 Å². The van der Waals surface area contributed by atoms with E-state index in [0.717, 1.165) is 11.1 Å². The molecule has 1 aliphatic rings. The Bertz CT molecular complexity index is 454. The van der Waals surface area contributed by atoms with Crippen molar-refractivity contribution in [1.29, 1.82) is 0 Å². The zero-order chi connectivity index (χ0) is 11.2. The largest absolute Gasteiger partial charge is 0.619 e. The molecule has 0 fully saturated rings. The highest BCUT2D eigenvalue weighted by Crippen LogP contribution is 2.22. The maximum absolute atomic E-state index is 11.8. The number of pyridine rings is 1. The molecular weight excluding hydrogens is 196 g/mol. The van der Waals surface area contributed by atoms with Gasteiger partial charge in [0, 0.05) is 12.1 Å². The van der Waals surface area contributed by atoms with E-state index in [1.807, 2.05) is 0 Å². The molecule has 15 heavy (non-hydrogen) atoms. The molecule has 5 nitrogen and oxygen atoms in total. The summed E-state index contributed by atoms with van der Waals surface area (Å²) < 4.78 is 0.522. The summed E-state index contributed by atoms with van der Waals surface area (Å²) in [4.78, 5) is 24.7. The summed E-state index contributed by atoms with van der Waals surface area (Å²) in [6.45, 7) is 3.51. The third kappa shape index (κ3) is 1.27. The minimum atomic E-state index is -0.393. The van der Waals surface area contributed by atoms with Gasteiger partial charge in [0.1, 0.15) is 5.56 Å². The second-order valence-electron chi connectivity index (χ2n) is 3.71. The minimum absolute atomic E-state index is 0.186. The monoisotopic (exact) mass is 206 g/mol. The van der Waals surface area contributed by atoms with Crippen LogP contribution < -0.4 is 4.73 Å². The summed E-state index contributed by atoms with van der Waals surface area (Å²) >= 11 is 0. The first-order chi connectivity index (χ1) is 7.02. The predicted molar refractivity (Wildman–Crippen MR) is 51.0 cm³/mol. The lowest BCUT2D eigenvalue weighted by atomic mass is 10.2. The van der Waals surface area contributed by atoms with E-state index < -0.39 is 5.91 Å². The Morgan fingerprint density at radius 2 is 1.87 bits per heavy atom. The van der Waals surface area contributed by atoms with E-state index >= 15 is 0 Å². The first kappa shape index (κ1) is 9.64. The third-order valence-corrected chi connectivity index (χ3v) is 2.35. The second kappa shape index (κ2) is 3.05. The minimum Gasteiger partial charge on any atom is -0.619 e. The van der Waals surface area contributed by atoms with Gasteiger partial charge in [-0.1, -0.05) is 0 Å². The van der Waals surface area contributed by atoms with Crippen molar-refractivity contribution in [2.24, 2.45) is 0 Å². The zero-order valence-corrected chi connectivity index (χ0v) is 8.43. The maximum atomic E-state index is 11.8. The van der Waals surface area contributed by atoms with Crippen molar-refractivity contribution in [2.45, 2.75) is 19.9 Å². The topological polar surface area (TPSA) is 64.3 Å². The quantitative estimate of drug-likeness (QED) is 0.377. The number of imide groups is 1. The molecule has 2 heterocycles. The van der Waals surface area contributed by atoms with Crippen molar-refractivity contribution in [3.05, 3.63) is 34.8 Å². The molecule has 1 aromatic rings. The van der Waals surface area contributed by atoms with E-state index in [-0.39, 0.29) is 17.5 Å². The van der Waals surface area contributed by atoms with Crippen molar-refractivity contribution in [3.63, 3.8) is 0 Å². The number of carbonyl (C=O) groups excluding carboxylic acids is 2. The number of amides is 2. The lowest BCUT2D eigenvalue weighted by Crippen LogP contribution is -2.36. The Labute approximate surface area is 86.5 Å². The summed E-state index contributed by atoms with van der Waals surface area (Å²) in [5.74, 6) is -0.721. The fraction of sp³-hybridized carbons (Fsp3) is 0.300. The smallest absolute Gasteiger partial charge is 0.267 e. The van der Waals surface area contributed by atoms with Crippen molar-refractivity contribution >= 4 is 11.8 Å². The second-order valence-corrected chi connectivity index (χ2v) is 3.71. The van der Waals surface area contributed by atoms with E-state index in [2.05, 4.69) is 0 Å². The molecule has 1 aromatic heterocycles. The summed E-state index contributed by atoms with van der Waals surface area (Å²) in [7, 11) is 0. The van der Waals surface area contributed by atoms with Crippen LogP contribution in [0.25, 0.3) is 0 Å². The standard InChI is InChI=1S/C10H10N2O3/c1-6(2)12-9(13)7-3-4-11(15)5-8(7)10(12)14/h3-6H,1-2H3. The fourth-order valence-corrected chi connectivity index (χ4v) is 1.66. The Kier molecular flexibility index (Phi) is 1.96. The Balaban J connectivity index is 2.56. The average Bonchev–Trinajstić information content (AvgIpc) is 2.39. The number of aromatic nitrogens is 1. The van der Waals surface area contributed by atoms with Gasteiger partial charge in [-0.05, 0) is 13.8 Å². The van der Waals surface area contributed by atoms with Gasteiger partial charge in [0.25, 0.3) is 11.8 Å². The molecule has 0 atom stereocenters. The summed E-state index contributed by atoms with van der Waals surface area (Å²) in [5, 5.41) is 11.0. The van der Waals surface area contributed by atoms with Crippen LogP contribution in [0.1, 0.15) is 34.6 Å². The summed E-state index contributed by atoms with van der Waals surface area (Å²) in [6, 6.07) is 1.18. The third-order valence-electron chi connectivity index (χ3n) is 2.35. The van der Waals surface area contributed by atoms with Gasteiger partial charge in [0.15, 0.2) is 12.4 Å². The van der Waals surface area contributed by atoms with Crippen molar-refractivity contribution in [2.75, 3.05) is 0 Å². The number of rotatable bonds is 1. The van der Waals surface area contributed by atoms with Crippen molar-refractivity contribution in [3.8, 4) is 0 Å². The molecule has 0 saturated carbocycles. The first-order valence-electron chi connectivity index (χ1n) is 4.63. The van der Waals surface area contributed by atoms with Crippen molar-refractivity contribution in [1.82, 2.24) is 4.90 Å². The highest BCUT2D eigenvalue weighted by atomic mass is 16.5. The Hall–Kier alpha value is -1.91. The summed E-state index contributed by atoms with van der Waals surface area (Å²) in [5.41, 5.74) is 0.493. The predicted octanol–water partition coefficient (Wildman–Crippen LogP) is 0.324. The molecule has 2 rings (SSSR count). The lowest BCUT2D eigenvalue weighted by Gasteiger charge is -2.17. The van der Waals surface area contributed by atoms with Crippen LogP contribution in [-0.2, 0) is 0 Å². The van der Waals surface area contributed by atoms with Crippen molar-refractivity contribution < 1.29 is 14.3 Å². The van der Waals surface area contributed by atoms with Crippen LogP contribution in [0.15, 0.2) is 18.5 Å². The van der Waals surface area contributed by atoms with E-state index in [9.17, 15) is 14.8 Å². The van der Waals surface area contributed by atoms with E-state index in [1.54, 1.807) is 13.8 Å². The fourth-order valence-electron chi connectivity index (χ4n) is 1.66. The molecule has 78 valence electrons. The Morgan fingerprint density at radius 1 is 1.27 bits per heavy atom. The molecule has 2 amide bonds. The zero-order valence-electron chi connectivity index (χ0n) is 8.43. The van der Waals surface area contributed by atoms with Crippen LogP contribution in [0, 0.1) is 5.21 Å². The van der Waals surface area contributed by atoms with Crippen LogP contribution in [0.3, 0.4) is 0 Å². The number of carbonyl (C=O) groups is 2. The number of hydrogen-bond donors (Lipinski definition) is 0. The molecule has 0 aromatic carbocycles. The molecule has 5 heteroatoms. The maximum Gasteiger partial charge on any atom is 0.267 e. The molecule has 0 unspecified atom stereocenters. The van der Waals surface area contributed by atoms with Gasteiger partial charge in [-0.2, -0.15) is 4.73 Å². The van der Waals surface area contributed by atoms with E-state index in [4.69, 9.17) is 0 Å². The van der Waals surface area contributed by atoms with Crippen LogP contribution in [-0.4, -0.2) is 22.8 Å². The average molecular weight is 206 g/mol. The molecule has 0 spiro atoms. The van der Waals surface area contributed by atoms with Gasteiger partial charge in [-0.25, -0.2) is 0 Å². The molecule has 0 bridgehead atoms. The van der Waals surface area contributed by atoms with Gasteiger partial charge >= 0.3 is 0 Å². The normalized spacial score (nSPS) is 15.0. The number of hydrogen-bond acceptors (Lipinski definition) is 3. The van der Waals surface area contributed by atoms with E-state index in [0.29, 0.717) is 10.3 Å². The lowest BCUT2D eigenvalue weighted by molar-refractivity contribution is -0.605. The first-order valence-corrected chi connectivity index (χ1v) is 4.63. The molecular formula is C10H10N2O3. The van der Waals surface area contributed by atoms with Gasteiger partial charge < -0.3 is 5.21 Å². The van der Waals surface area contributed by atoms with Gasteiger partial charge in [-0.15, -0.1) is 0 Å². The number of fused-ring (bicyclic) bond motifs is 1. The van der Waals surface area contributed by atoms with Gasteiger partial charge in [0.05, 0.1) is 5.56 Å². The van der Waals surface area contributed by atoms with E-state index in [1.165, 1.54) is 12.3 Å². The molecule has 0 N–H and O–H groups in total. The van der Waals surface area contributed by atoms with Gasteiger partial charge in [0.2, 0.25) is 0 Å². The van der Waals surface area contributed by atoms with Crippen LogP contribution in [0.4, 0.5) is 0 Å². The highest BCUT2D eigenvalue weighted by molar-refractivity contribution is 6.21.